The van der Waals surface area contributed by atoms with Gasteiger partial charge in [0.1, 0.15) is 10.4 Å². The van der Waals surface area contributed by atoms with E-state index in [1.807, 2.05) is 42.5 Å². The monoisotopic (exact) mass is 390 g/mol. The molecule has 3 aromatic rings. The molecule has 0 radical (unpaired) electrons. The van der Waals surface area contributed by atoms with Crippen molar-refractivity contribution in [1.29, 1.82) is 0 Å². The number of nitrogens with zero attached hydrogens (tertiary/aromatic N) is 2. The lowest BCUT2D eigenvalue weighted by Crippen LogP contribution is -2.08. The van der Waals surface area contributed by atoms with Crippen molar-refractivity contribution < 1.29 is 4.79 Å². The Bertz CT molecular complexity index is 1040. The molecule has 0 aliphatic carbocycles. The van der Waals surface area contributed by atoms with Crippen LogP contribution < -0.4 is 10.7 Å². The van der Waals surface area contributed by atoms with Crippen molar-refractivity contribution in [3.05, 3.63) is 83.2 Å². The number of rotatable bonds is 4. The fraction of sp³-hybridized carbons (Fsp3) is 0.182. The van der Waals surface area contributed by atoms with E-state index < -0.39 is 0 Å². The molecule has 1 aliphatic rings. The number of benzene rings is 2. The van der Waals surface area contributed by atoms with Crippen molar-refractivity contribution in [2.45, 2.75) is 26.1 Å². The van der Waals surface area contributed by atoms with E-state index in [9.17, 15) is 4.79 Å². The first kappa shape index (κ1) is 18.4. The highest BCUT2D eigenvalue weighted by Gasteiger charge is 2.26. The first-order valence-electron chi connectivity index (χ1n) is 9.15. The second-order valence-electron chi connectivity index (χ2n) is 6.80. The van der Waals surface area contributed by atoms with Crippen LogP contribution in [0.5, 0.6) is 0 Å². The Kier molecular flexibility index (Phi) is 4.96. The van der Waals surface area contributed by atoms with Gasteiger partial charge in [-0.15, -0.1) is 0 Å². The minimum Gasteiger partial charge on any atom is -0.326 e. The summed E-state index contributed by atoms with van der Waals surface area (Å²) in [6.45, 7) is 5.75. The standard InChI is InChI=1S/C22H22N4OS/c1-14-13-20(22-25-24-21(28-22)17-7-5-4-6-8-17)15(2)26(14)19-11-9-18(10-12-19)23-16(3)27/h4-13,22,25H,1-3H3,(H,23,27)/t22-/m0/s1. The van der Waals surface area contributed by atoms with Gasteiger partial charge in [-0.25, -0.2) is 0 Å². The number of hydrazone groups is 1. The van der Waals surface area contributed by atoms with E-state index in [0.29, 0.717) is 0 Å². The maximum Gasteiger partial charge on any atom is 0.221 e. The van der Waals surface area contributed by atoms with Crippen LogP contribution >= 0.6 is 11.8 Å². The molecule has 0 saturated carbocycles. The molecule has 142 valence electrons. The van der Waals surface area contributed by atoms with E-state index in [4.69, 9.17) is 0 Å². The van der Waals surface area contributed by atoms with Crippen molar-refractivity contribution in [3.8, 4) is 5.69 Å². The molecule has 1 aliphatic heterocycles. The van der Waals surface area contributed by atoms with E-state index in [0.717, 1.165) is 27.7 Å². The Hall–Kier alpha value is -2.99. The smallest absolute Gasteiger partial charge is 0.221 e. The highest BCUT2D eigenvalue weighted by molar-refractivity contribution is 8.14. The van der Waals surface area contributed by atoms with E-state index in [1.165, 1.54) is 18.2 Å². The Balaban J connectivity index is 1.58. The molecule has 6 heteroatoms. The van der Waals surface area contributed by atoms with Crippen molar-refractivity contribution in [2.24, 2.45) is 5.10 Å². The zero-order valence-corrected chi connectivity index (χ0v) is 16.9. The van der Waals surface area contributed by atoms with Gasteiger partial charge in [0.25, 0.3) is 0 Å². The Morgan fingerprint density at radius 3 is 2.50 bits per heavy atom. The molecule has 2 aromatic carbocycles. The zero-order valence-electron chi connectivity index (χ0n) is 16.1. The summed E-state index contributed by atoms with van der Waals surface area (Å²) in [6, 6.07) is 20.3. The lowest BCUT2D eigenvalue weighted by atomic mass is 10.2. The van der Waals surface area contributed by atoms with Crippen LogP contribution in [0.2, 0.25) is 0 Å². The molecule has 1 amide bonds. The summed E-state index contributed by atoms with van der Waals surface area (Å²) in [4.78, 5) is 11.2. The lowest BCUT2D eigenvalue weighted by Gasteiger charge is -2.13. The molecule has 0 bridgehead atoms. The number of amides is 1. The predicted molar refractivity (Wildman–Crippen MR) is 116 cm³/mol. The van der Waals surface area contributed by atoms with Crippen molar-refractivity contribution in [3.63, 3.8) is 0 Å². The molecule has 0 saturated heterocycles. The van der Waals surface area contributed by atoms with Crippen LogP contribution in [-0.4, -0.2) is 15.5 Å². The predicted octanol–water partition coefficient (Wildman–Crippen LogP) is 4.75. The van der Waals surface area contributed by atoms with Gasteiger partial charge in [-0.2, -0.15) is 5.10 Å². The van der Waals surface area contributed by atoms with Crippen LogP contribution in [0.3, 0.4) is 0 Å². The molecule has 4 rings (SSSR count). The second-order valence-corrected chi connectivity index (χ2v) is 7.89. The van der Waals surface area contributed by atoms with Gasteiger partial charge in [0.05, 0.1) is 0 Å². The second kappa shape index (κ2) is 7.56. The summed E-state index contributed by atoms with van der Waals surface area (Å²) in [7, 11) is 0. The normalized spacial score (nSPS) is 15.8. The Morgan fingerprint density at radius 2 is 1.82 bits per heavy atom. The molecule has 1 aromatic heterocycles. The number of thioether (sulfide) groups is 1. The van der Waals surface area contributed by atoms with Gasteiger partial charge in [-0.05, 0) is 44.2 Å². The molecular weight excluding hydrogens is 368 g/mol. The number of anilines is 1. The molecule has 0 spiro atoms. The third-order valence-electron chi connectivity index (χ3n) is 4.73. The maximum absolute atomic E-state index is 11.2. The quantitative estimate of drug-likeness (QED) is 0.676. The highest BCUT2D eigenvalue weighted by Crippen LogP contribution is 2.37. The lowest BCUT2D eigenvalue weighted by molar-refractivity contribution is -0.114. The first-order chi connectivity index (χ1) is 13.5. The maximum atomic E-state index is 11.2. The van der Waals surface area contributed by atoms with Crippen LogP contribution in [0.4, 0.5) is 5.69 Å². The van der Waals surface area contributed by atoms with Crippen LogP contribution in [0.1, 0.15) is 34.8 Å². The molecule has 2 N–H and O–H groups in total. The number of nitrogens with one attached hydrogen (secondary N) is 2. The SMILES string of the molecule is CC(=O)Nc1ccc(-n2c(C)cc([C@H]3NN=C(c4ccccc4)S3)c2C)cc1. The summed E-state index contributed by atoms with van der Waals surface area (Å²) in [5, 5.41) is 8.44. The fourth-order valence-corrected chi connectivity index (χ4v) is 4.55. The van der Waals surface area contributed by atoms with Crippen molar-refractivity contribution in [1.82, 2.24) is 9.99 Å². The summed E-state index contributed by atoms with van der Waals surface area (Å²) >= 11 is 1.74. The van der Waals surface area contributed by atoms with E-state index >= 15 is 0 Å². The van der Waals surface area contributed by atoms with Gasteiger partial charge in [0.2, 0.25) is 5.91 Å². The van der Waals surface area contributed by atoms with Gasteiger partial charge < -0.3 is 9.88 Å². The van der Waals surface area contributed by atoms with Crippen LogP contribution in [0.25, 0.3) is 5.69 Å². The van der Waals surface area contributed by atoms with Gasteiger partial charge in [0.15, 0.2) is 0 Å². The molecular formula is C22H22N4OS. The summed E-state index contributed by atoms with van der Waals surface area (Å²) in [5.41, 5.74) is 9.84. The number of aromatic nitrogens is 1. The van der Waals surface area contributed by atoms with Crippen LogP contribution in [0, 0.1) is 13.8 Å². The highest BCUT2D eigenvalue weighted by atomic mass is 32.2. The Morgan fingerprint density at radius 1 is 1.11 bits per heavy atom. The summed E-state index contributed by atoms with van der Waals surface area (Å²) < 4.78 is 2.23. The largest absolute Gasteiger partial charge is 0.326 e. The minimum atomic E-state index is -0.0677. The summed E-state index contributed by atoms with van der Waals surface area (Å²) in [5.74, 6) is -0.0677. The van der Waals surface area contributed by atoms with Crippen molar-refractivity contribution >= 4 is 28.4 Å². The molecule has 2 heterocycles. The summed E-state index contributed by atoms with van der Waals surface area (Å²) in [6.07, 6.45) is 0. The van der Waals surface area contributed by atoms with Crippen LogP contribution in [0.15, 0.2) is 65.8 Å². The first-order valence-corrected chi connectivity index (χ1v) is 10.0. The molecule has 0 fully saturated rings. The number of carbonyl (C=O) groups is 1. The molecule has 1 atom stereocenters. The van der Waals surface area contributed by atoms with Crippen molar-refractivity contribution in [2.75, 3.05) is 5.32 Å². The third kappa shape index (κ3) is 3.55. The average molecular weight is 391 g/mol. The number of aryl methyl sites for hydroxylation is 1. The van der Waals surface area contributed by atoms with Gasteiger partial charge in [-0.3, -0.25) is 10.2 Å². The van der Waals surface area contributed by atoms with Crippen LogP contribution in [-0.2, 0) is 4.79 Å². The van der Waals surface area contributed by atoms with Gasteiger partial charge in [-0.1, -0.05) is 42.1 Å². The van der Waals surface area contributed by atoms with E-state index in [2.05, 4.69) is 52.5 Å². The third-order valence-corrected chi connectivity index (χ3v) is 5.88. The number of carbonyl (C=O) groups excluding carboxylic acids is 1. The van der Waals surface area contributed by atoms with Gasteiger partial charge >= 0.3 is 0 Å². The number of hydrogen-bond acceptors (Lipinski definition) is 4. The van der Waals surface area contributed by atoms with Gasteiger partial charge in [0, 0.05) is 40.8 Å². The Labute approximate surface area is 168 Å². The molecule has 28 heavy (non-hydrogen) atoms. The fourth-order valence-electron chi connectivity index (χ4n) is 3.48. The van der Waals surface area contributed by atoms with E-state index in [1.54, 1.807) is 11.8 Å². The topological polar surface area (TPSA) is 58.4 Å². The minimum absolute atomic E-state index is 0.0677. The average Bonchev–Trinajstić information content (AvgIpc) is 3.28. The molecule has 5 nitrogen and oxygen atoms in total. The molecule has 0 unspecified atom stereocenters. The van der Waals surface area contributed by atoms with E-state index in [-0.39, 0.29) is 11.3 Å². The number of hydrogen-bond donors (Lipinski definition) is 2. The zero-order chi connectivity index (χ0) is 19.7.